The molecule has 1 amide bonds. The summed E-state index contributed by atoms with van der Waals surface area (Å²) in [6.07, 6.45) is 3.39. The molecule has 3 aromatic heterocycles. The molecule has 0 bridgehead atoms. The number of aromatic nitrogens is 5. The number of carbonyl (C=O) groups excluding carboxylic acids is 1. The van der Waals surface area contributed by atoms with Crippen LogP contribution in [0.25, 0.3) is 5.65 Å². The lowest BCUT2D eigenvalue weighted by Crippen LogP contribution is -2.14. The maximum absolute atomic E-state index is 12.8. The quantitative estimate of drug-likeness (QED) is 0.495. The van der Waals surface area contributed by atoms with Crippen molar-refractivity contribution in [3.63, 3.8) is 0 Å². The van der Waals surface area contributed by atoms with Gasteiger partial charge < -0.3 is 5.32 Å². The predicted octanol–water partition coefficient (Wildman–Crippen LogP) is 4.26. The Morgan fingerprint density at radius 3 is 2.82 bits per heavy atom. The van der Waals surface area contributed by atoms with Crippen molar-refractivity contribution in [1.82, 2.24) is 24.4 Å². The van der Waals surface area contributed by atoms with Crippen LogP contribution in [-0.4, -0.2) is 30.3 Å². The van der Waals surface area contributed by atoms with E-state index in [1.165, 1.54) is 0 Å². The molecule has 0 unspecified atom stereocenters. The third kappa shape index (κ3) is 3.41. The SMILES string of the molecule is Cc1nn(Cc2cccc(Cl)c2)c(C)c1NC(=O)c1nn2cccnc2c1Br. The fraction of sp³-hybridized carbons (Fsp3) is 0.158. The van der Waals surface area contributed by atoms with Crippen LogP contribution in [0.3, 0.4) is 0 Å². The van der Waals surface area contributed by atoms with Crippen LogP contribution in [0.1, 0.15) is 27.4 Å². The van der Waals surface area contributed by atoms with Crippen LogP contribution in [0.5, 0.6) is 0 Å². The Morgan fingerprint density at radius 2 is 2.07 bits per heavy atom. The second-order valence-corrected chi connectivity index (χ2v) is 7.57. The Kier molecular flexibility index (Phi) is 4.91. The van der Waals surface area contributed by atoms with Crippen LogP contribution in [0.4, 0.5) is 5.69 Å². The summed E-state index contributed by atoms with van der Waals surface area (Å²) in [5.74, 6) is -0.328. The molecule has 28 heavy (non-hydrogen) atoms. The maximum Gasteiger partial charge on any atom is 0.277 e. The number of nitrogens with one attached hydrogen (secondary N) is 1. The number of amides is 1. The van der Waals surface area contributed by atoms with Crippen molar-refractivity contribution in [2.45, 2.75) is 20.4 Å². The first-order valence-electron chi connectivity index (χ1n) is 8.52. The molecule has 0 saturated carbocycles. The zero-order valence-corrected chi connectivity index (χ0v) is 17.5. The second-order valence-electron chi connectivity index (χ2n) is 6.34. The zero-order chi connectivity index (χ0) is 19.8. The van der Waals surface area contributed by atoms with E-state index in [0.29, 0.717) is 27.4 Å². The maximum atomic E-state index is 12.8. The van der Waals surface area contributed by atoms with Crippen molar-refractivity contribution < 1.29 is 4.79 Å². The minimum Gasteiger partial charge on any atom is -0.317 e. The van der Waals surface area contributed by atoms with E-state index in [-0.39, 0.29) is 11.6 Å². The summed E-state index contributed by atoms with van der Waals surface area (Å²) in [4.78, 5) is 17.1. The van der Waals surface area contributed by atoms with Crippen LogP contribution < -0.4 is 5.32 Å². The topological polar surface area (TPSA) is 77.1 Å². The van der Waals surface area contributed by atoms with Gasteiger partial charge >= 0.3 is 0 Å². The molecule has 4 rings (SSSR count). The van der Waals surface area contributed by atoms with Gasteiger partial charge in [0.15, 0.2) is 11.3 Å². The summed E-state index contributed by atoms with van der Waals surface area (Å²) in [6, 6.07) is 9.38. The molecular weight excluding hydrogens is 444 g/mol. The third-order valence-corrected chi connectivity index (χ3v) is 5.36. The highest BCUT2D eigenvalue weighted by atomic mass is 79.9. The Bertz CT molecular complexity index is 1200. The normalized spacial score (nSPS) is 11.1. The standard InChI is InChI=1S/C19H16BrClN6O/c1-11-16(12(2)27(24-11)10-13-5-3-6-14(21)9-13)23-19(28)17-15(20)18-22-7-4-8-26(18)25-17/h3-9H,10H2,1-2H3,(H,23,28). The lowest BCUT2D eigenvalue weighted by Gasteiger charge is -2.07. The van der Waals surface area contributed by atoms with Crippen molar-refractivity contribution in [1.29, 1.82) is 0 Å². The van der Waals surface area contributed by atoms with Crippen molar-refractivity contribution >= 4 is 44.8 Å². The summed E-state index contributed by atoms with van der Waals surface area (Å²) >= 11 is 9.49. The molecule has 0 aliphatic rings. The van der Waals surface area contributed by atoms with E-state index < -0.39 is 0 Å². The smallest absolute Gasteiger partial charge is 0.277 e. The molecule has 4 aromatic rings. The molecule has 0 aliphatic carbocycles. The Balaban J connectivity index is 1.62. The largest absolute Gasteiger partial charge is 0.317 e. The van der Waals surface area contributed by atoms with Gasteiger partial charge in [0.05, 0.1) is 28.1 Å². The van der Waals surface area contributed by atoms with Gasteiger partial charge in [-0.2, -0.15) is 10.2 Å². The Labute approximate surface area is 174 Å². The van der Waals surface area contributed by atoms with Gasteiger partial charge in [0.1, 0.15) is 0 Å². The highest BCUT2D eigenvalue weighted by Gasteiger charge is 2.21. The van der Waals surface area contributed by atoms with Crippen molar-refractivity contribution in [2.75, 3.05) is 5.32 Å². The molecule has 0 radical (unpaired) electrons. The Morgan fingerprint density at radius 1 is 1.25 bits per heavy atom. The van der Waals surface area contributed by atoms with Gasteiger partial charge in [-0.15, -0.1) is 0 Å². The van der Waals surface area contributed by atoms with Gasteiger partial charge in [-0.25, -0.2) is 9.50 Å². The van der Waals surface area contributed by atoms with Crippen LogP contribution in [0, 0.1) is 13.8 Å². The second kappa shape index (κ2) is 7.37. The van der Waals surface area contributed by atoms with Gasteiger partial charge in [0.25, 0.3) is 5.91 Å². The monoisotopic (exact) mass is 458 g/mol. The number of benzene rings is 1. The fourth-order valence-electron chi connectivity index (χ4n) is 3.02. The average molecular weight is 460 g/mol. The molecule has 0 atom stereocenters. The first kappa shape index (κ1) is 18.6. The highest BCUT2D eigenvalue weighted by molar-refractivity contribution is 9.10. The lowest BCUT2D eigenvalue weighted by atomic mass is 10.2. The molecule has 0 spiro atoms. The molecule has 0 fully saturated rings. The van der Waals surface area contributed by atoms with Crippen molar-refractivity contribution in [3.8, 4) is 0 Å². The molecule has 9 heteroatoms. The molecule has 1 aromatic carbocycles. The van der Waals surface area contributed by atoms with Gasteiger partial charge in [0.2, 0.25) is 0 Å². The number of anilines is 1. The first-order valence-corrected chi connectivity index (χ1v) is 9.70. The van der Waals surface area contributed by atoms with Gasteiger partial charge in [-0.3, -0.25) is 9.48 Å². The number of halogens is 2. The van der Waals surface area contributed by atoms with E-state index in [2.05, 4.69) is 36.4 Å². The number of hydrogen-bond donors (Lipinski definition) is 1. The minimum atomic E-state index is -0.328. The third-order valence-electron chi connectivity index (χ3n) is 4.40. The fourth-order valence-corrected chi connectivity index (χ4v) is 3.77. The summed E-state index contributed by atoms with van der Waals surface area (Å²) < 4.78 is 3.95. The summed E-state index contributed by atoms with van der Waals surface area (Å²) in [6.45, 7) is 4.34. The van der Waals surface area contributed by atoms with Gasteiger partial charge in [-0.1, -0.05) is 23.7 Å². The molecule has 0 aliphatic heterocycles. The minimum absolute atomic E-state index is 0.264. The number of rotatable bonds is 4. The number of hydrogen-bond acceptors (Lipinski definition) is 4. The molecule has 1 N–H and O–H groups in total. The number of fused-ring (bicyclic) bond motifs is 1. The summed E-state index contributed by atoms with van der Waals surface area (Å²) in [7, 11) is 0. The van der Waals surface area contributed by atoms with E-state index >= 15 is 0 Å². The van der Waals surface area contributed by atoms with E-state index in [1.807, 2.05) is 42.8 Å². The predicted molar refractivity (Wildman–Crippen MR) is 111 cm³/mol. The lowest BCUT2D eigenvalue weighted by molar-refractivity contribution is 0.102. The van der Waals surface area contributed by atoms with Crippen LogP contribution in [-0.2, 0) is 6.54 Å². The van der Waals surface area contributed by atoms with E-state index in [9.17, 15) is 4.79 Å². The first-order chi connectivity index (χ1) is 13.4. The highest BCUT2D eigenvalue weighted by Crippen LogP contribution is 2.25. The van der Waals surface area contributed by atoms with Gasteiger partial charge in [-0.05, 0) is 53.5 Å². The zero-order valence-electron chi connectivity index (χ0n) is 15.1. The molecule has 3 heterocycles. The molecule has 142 valence electrons. The molecular formula is C19H16BrClN6O. The van der Waals surface area contributed by atoms with Crippen molar-refractivity contribution in [3.05, 3.63) is 74.9 Å². The van der Waals surface area contributed by atoms with Gasteiger partial charge in [0, 0.05) is 17.4 Å². The van der Waals surface area contributed by atoms with E-state index in [4.69, 9.17) is 11.6 Å². The van der Waals surface area contributed by atoms with E-state index in [1.54, 1.807) is 23.0 Å². The summed E-state index contributed by atoms with van der Waals surface area (Å²) in [5, 5.41) is 12.5. The summed E-state index contributed by atoms with van der Waals surface area (Å²) in [5.41, 5.74) is 4.13. The average Bonchev–Trinajstić information content (AvgIpc) is 3.14. The molecule has 0 saturated heterocycles. The van der Waals surface area contributed by atoms with Crippen LogP contribution >= 0.6 is 27.5 Å². The number of nitrogens with zero attached hydrogens (tertiary/aromatic N) is 5. The molecule has 7 nitrogen and oxygen atoms in total. The van der Waals surface area contributed by atoms with Crippen molar-refractivity contribution in [2.24, 2.45) is 0 Å². The number of carbonyl (C=O) groups is 1. The van der Waals surface area contributed by atoms with Crippen LogP contribution in [0.2, 0.25) is 5.02 Å². The number of aryl methyl sites for hydroxylation is 1. The Hall–Kier alpha value is -2.71. The van der Waals surface area contributed by atoms with Crippen LogP contribution in [0.15, 0.2) is 47.2 Å². The van der Waals surface area contributed by atoms with E-state index in [0.717, 1.165) is 17.0 Å².